The maximum atomic E-state index is 4.88. The molecule has 1 N–H and O–H groups in total. The lowest BCUT2D eigenvalue weighted by Crippen LogP contribution is -2.32. The van der Waals surface area contributed by atoms with Crippen LogP contribution in [-0.4, -0.2) is 35.6 Å². The highest BCUT2D eigenvalue weighted by Crippen LogP contribution is 2.22. The SMILES string of the molecule is Cc1ccc2c(C)nc(N3CCC[C@H](NCCc4ccccc4)CC3)nc2c1. The summed E-state index contributed by atoms with van der Waals surface area (Å²) in [6.45, 7) is 7.30. The molecule has 1 aliphatic rings. The van der Waals surface area contributed by atoms with Gasteiger partial charge in [-0.3, -0.25) is 0 Å². The molecule has 28 heavy (non-hydrogen) atoms. The lowest BCUT2D eigenvalue weighted by Gasteiger charge is -2.21. The van der Waals surface area contributed by atoms with Crippen molar-refractivity contribution in [3.8, 4) is 0 Å². The van der Waals surface area contributed by atoms with Gasteiger partial charge in [0, 0.05) is 24.5 Å². The van der Waals surface area contributed by atoms with E-state index >= 15 is 0 Å². The Kier molecular flexibility index (Phi) is 5.87. The molecule has 2 aromatic carbocycles. The second-order valence-corrected chi connectivity index (χ2v) is 7.93. The lowest BCUT2D eigenvalue weighted by atomic mass is 10.1. The molecule has 0 amide bonds. The highest BCUT2D eigenvalue weighted by Gasteiger charge is 2.19. The van der Waals surface area contributed by atoms with Crippen LogP contribution in [0, 0.1) is 13.8 Å². The third kappa shape index (κ3) is 4.50. The maximum Gasteiger partial charge on any atom is 0.226 e. The van der Waals surface area contributed by atoms with Crippen molar-refractivity contribution in [1.82, 2.24) is 15.3 Å². The molecule has 0 unspecified atom stereocenters. The van der Waals surface area contributed by atoms with Crippen LogP contribution in [0.2, 0.25) is 0 Å². The summed E-state index contributed by atoms with van der Waals surface area (Å²) in [5.74, 6) is 0.889. The molecule has 1 aliphatic heterocycles. The van der Waals surface area contributed by atoms with Crippen LogP contribution in [-0.2, 0) is 6.42 Å². The molecule has 0 saturated carbocycles. The molecule has 4 nitrogen and oxygen atoms in total. The summed E-state index contributed by atoms with van der Waals surface area (Å²) in [5, 5.41) is 4.92. The third-order valence-electron chi connectivity index (χ3n) is 5.73. The molecule has 0 spiro atoms. The van der Waals surface area contributed by atoms with Gasteiger partial charge in [-0.25, -0.2) is 9.97 Å². The van der Waals surface area contributed by atoms with Gasteiger partial charge in [-0.05, 0) is 63.3 Å². The second-order valence-electron chi connectivity index (χ2n) is 7.93. The van der Waals surface area contributed by atoms with Gasteiger partial charge in [0.1, 0.15) is 0 Å². The van der Waals surface area contributed by atoms with Crippen molar-refractivity contribution in [2.75, 3.05) is 24.5 Å². The van der Waals surface area contributed by atoms with E-state index in [0.717, 1.165) is 55.0 Å². The predicted octanol–water partition coefficient (Wildman–Crippen LogP) is 4.44. The molecular weight excluding hydrogens is 344 g/mol. The molecule has 146 valence electrons. The van der Waals surface area contributed by atoms with E-state index in [2.05, 4.69) is 72.6 Å². The van der Waals surface area contributed by atoms with Crippen LogP contribution in [0.3, 0.4) is 0 Å². The zero-order valence-electron chi connectivity index (χ0n) is 17.0. The highest BCUT2D eigenvalue weighted by atomic mass is 15.3. The summed E-state index contributed by atoms with van der Waals surface area (Å²) < 4.78 is 0. The zero-order chi connectivity index (χ0) is 19.3. The maximum absolute atomic E-state index is 4.88. The topological polar surface area (TPSA) is 41.1 Å². The molecule has 3 aromatic rings. The van der Waals surface area contributed by atoms with E-state index in [4.69, 9.17) is 9.97 Å². The van der Waals surface area contributed by atoms with Crippen molar-refractivity contribution in [3.63, 3.8) is 0 Å². The number of nitrogens with zero attached hydrogens (tertiary/aromatic N) is 3. The normalized spacial score (nSPS) is 17.6. The van der Waals surface area contributed by atoms with Gasteiger partial charge in [0.25, 0.3) is 0 Å². The third-order valence-corrected chi connectivity index (χ3v) is 5.73. The standard InChI is InChI=1S/C24H30N4/c1-18-10-11-22-19(2)26-24(27-23(22)17-18)28-15-6-9-21(13-16-28)25-14-12-20-7-4-3-5-8-20/h3-5,7-8,10-11,17,21,25H,6,9,12-16H2,1-2H3/t21-/m0/s1. The first-order valence-corrected chi connectivity index (χ1v) is 10.5. The predicted molar refractivity (Wildman–Crippen MR) is 117 cm³/mol. The lowest BCUT2D eigenvalue weighted by molar-refractivity contribution is 0.474. The summed E-state index contributed by atoms with van der Waals surface area (Å²) in [6, 6.07) is 17.7. The van der Waals surface area contributed by atoms with Crippen molar-refractivity contribution in [2.45, 2.75) is 45.6 Å². The summed E-state index contributed by atoms with van der Waals surface area (Å²) in [6.07, 6.45) is 4.63. The molecule has 0 radical (unpaired) electrons. The van der Waals surface area contributed by atoms with Gasteiger partial charge in [0.2, 0.25) is 5.95 Å². The quantitative estimate of drug-likeness (QED) is 0.717. The fourth-order valence-corrected chi connectivity index (χ4v) is 4.09. The molecule has 1 fully saturated rings. The monoisotopic (exact) mass is 374 g/mol. The van der Waals surface area contributed by atoms with Crippen molar-refractivity contribution < 1.29 is 0 Å². The summed E-state index contributed by atoms with van der Waals surface area (Å²) >= 11 is 0. The van der Waals surface area contributed by atoms with E-state index in [0.29, 0.717) is 6.04 Å². The number of hydrogen-bond donors (Lipinski definition) is 1. The van der Waals surface area contributed by atoms with E-state index < -0.39 is 0 Å². The van der Waals surface area contributed by atoms with Crippen LogP contribution in [0.25, 0.3) is 10.9 Å². The molecule has 2 heterocycles. The first kappa shape index (κ1) is 18.9. The Labute approximate surface area is 168 Å². The van der Waals surface area contributed by atoms with Gasteiger partial charge in [0.05, 0.1) is 11.2 Å². The van der Waals surface area contributed by atoms with Crippen LogP contribution in [0.1, 0.15) is 36.1 Å². The Hall–Kier alpha value is -2.46. The zero-order valence-corrected chi connectivity index (χ0v) is 17.0. The van der Waals surface area contributed by atoms with E-state index in [1.54, 1.807) is 0 Å². The van der Waals surface area contributed by atoms with Crippen molar-refractivity contribution in [2.24, 2.45) is 0 Å². The summed E-state index contributed by atoms with van der Waals surface area (Å²) in [5.41, 5.74) is 4.78. The Morgan fingerprint density at radius 1 is 1.00 bits per heavy atom. The number of aryl methyl sites for hydroxylation is 2. The minimum Gasteiger partial charge on any atom is -0.341 e. The van der Waals surface area contributed by atoms with Gasteiger partial charge in [0.15, 0.2) is 0 Å². The number of aromatic nitrogens is 2. The van der Waals surface area contributed by atoms with Crippen LogP contribution in [0.4, 0.5) is 5.95 Å². The molecule has 0 aliphatic carbocycles. The molecule has 1 aromatic heterocycles. The van der Waals surface area contributed by atoms with Gasteiger partial charge < -0.3 is 10.2 Å². The van der Waals surface area contributed by atoms with Crippen molar-refractivity contribution in [3.05, 3.63) is 65.4 Å². The van der Waals surface area contributed by atoms with Gasteiger partial charge >= 0.3 is 0 Å². The molecule has 1 saturated heterocycles. The smallest absolute Gasteiger partial charge is 0.226 e. The minimum absolute atomic E-state index is 0.581. The molecule has 1 atom stereocenters. The van der Waals surface area contributed by atoms with Crippen LogP contribution in [0.5, 0.6) is 0 Å². The Balaban J connectivity index is 1.38. The van der Waals surface area contributed by atoms with Crippen LogP contribution in [0.15, 0.2) is 48.5 Å². The average Bonchev–Trinajstić information content (AvgIpc) is 2.94. The number of anilines is 1. The summed E-state index contributed by atoms with van der Waals surface area (Å²) in [4.78, 5) is 12.1. The van der Waals surface area contributed by atoms with Crippen LogP contribution < -0.4 is 10.2 Å². The Morgan fingerprint density at radius 3 is 2.71 bits per heavy atom. The Bertz CT molecular complexity index is 923. The minimum atomic E-state index is 0.581. The first-order chi connectivity index (χ1) is 13.7. The fraction of sp³-hybridized carbons (Fsp3) is 0.417. The molecular formula is C24H30N4. The first-order valence-electron chi connectivity index (χ1n) is 10.5. The highest BCUT2D eigenvalue weighted by molar-refractivity contribution is 5.82. The number of nitrogens with one attached hydrogen (secondary N) is 1. The summed E-state index contributed by atoms with van der Waals surface area (Å²) in [7, 11) is 0. The largest absolute Gasteiger partial charge is 0.341 e. The van der Waals surface area contributed by atoms with Gasteiger partial charge in [-0.15, -0.1) is 0 Å². The van der Waals surface area contributed by atoms with E-state index in [1.807, 2.05) is 0 Å². The molecule has 4 heteroatoms. The van der Waals surface area contributed by atoms with E-state index in [-0.39, 0.29) is 0 Å². The van der Waals surface area contributed by atoms with E-state index in [1.165, 1.54) is 24.0 Å². The Morgan fingerprint density at radius 2 is 1.86 bits per heavy atom. The van der Waals surface area contributed by atoms with Crippen molar-refractivity contribution in [1.29, 1.82) is 0 Å². The number of hydrogen-bond acceptors (Lipinski definition) is 4. The second kappa shape index (κ2) is 8.70. The fourth-order valence-electron chi connectivity index (χ4n) is 4.09. The van der Waals surface area contributed by atoms with Gasteiger partial charge in [-0.2, -0.15) is 0 Å². The van der Waals surface area contributed by atoms with Gasteiger partial charge in [-0.1, -0.05) is 42.5 Å². The van der Waals surface area contributed by atoms with E-state index in [9.17, 15) is 0 Å². The van der Waals surface area contributed by atoms with Crippen LogP contribution >= 0.6 is 0 Å². The number of fused-ring (bicyclic) bond motifs is 1. The molecule has 0 bridgehead atoms. The van der Waals surface area contributed by atoms with Crippen molar-refractivity contribution >= 4 is 16.9 Å². The number of rotatable bonds is 5. The molecule has 4 rings (SSSR count). The number of benzene rings is 2. The average molecular weight is 375 g/mol.